The van der Waals surface area contributed by atoms with Crippen LogP contribution in [0.1, 0.15) is 20.3 Å². The second-order valence-electron chi connectivity index (χ2n) is 4.08. The number of nitrogens with one attached hydrogen (secondary N) is 1. The molecule has 1 N–H and O–H groups in total. The zero-order valence-electron chi connectivity index (χ0n) is 8.78. The van der Waals surface area contributed by atoms with Crippen LogP contribution in [0.25, 0.3) is 0 Å². The first-order chi connectivity index (χ1) is 6.32. The van der Waals surface area contributed by atoms with E-state index in [4.69, 9.17) is 0 Å². The van der Waals surface area contributed by atoms with Crippen LogP contribution in [0.5, 0.6) is 0 Å². The summed E-state index contributed by atoms with van der Waals surface area (Å²) in [4.78, 5) is 1.75. The van der Waals surface area contributed by atoms with Gasteiger partial charge in [-0.05, 0) is 26.9 Å². The molecule has 2 atom stereocenters. The third-order valence-corrected chi connectivity index (χ3v) is 2.97. The van der Waals surface area contributed by atoms with Gasteiger partial charge in [0.15, 0.2) is 0 Å². The molecule has 2 unspecified atom stereocenters. The summed E-state index contributed by atoms with van der Waals surface area (Å²) in [6.45, 7) is 3.92. The Bertz CT molecular complexity index is 193. The third-order valence-electron chi connectivity index (χ3n) is 2.97. The lowest BCUT2D eigenvalue weighted by atomic mass is 9.95. The summed E-state index contributed by atoms with van der Waals surface area (Å²) in [6.07, 6.45) is -4.02. The minimum absolute atomic E-state index is 0.0179. The van der Waals surface area contributed by atoms with Crippen molar-refractivity contribution in [3.63, 3.8) is 0 Å². The molecule has 0 aromatic rings. The topological polar surface area (TPSA) is 15.3 Å². The molecule has 0 radical (unpaired) electrons. The van der Waals surface area contributed by atoms with Gasteiger partial charge in [0.05, 0.1) is 0 Å². The van der Waals surface area contributed by atoms with E-state index in [9.17, 15) is 13.2 Å². The Hall–Kier alpha value is -0.290. The van der Waals surface area contributed by atoms with Gasteiger partial charge >= 0.3 is 6.18 Å². The molecule has 0 bridgehead atoms. The lowest BCUT2D eigenvalue weighted by Crippen LogP contribution is -2.58. The quantitative estimate of drug-likeness (QED) is 0.745. The average Bonchev–Trinajstić information content (AvgIpc) is 2.28. The highest BCUT2D eigenvalue weighted by Gasteiger charge is 2.58. The molecular weight excluding hydrogens is 193 g/mol. The Morgan fingerprint density at radius 2 is 2.07 bits per heavy atom. The highest BCUT2D eigenvalue weighted by molar-refractivity contribution is 5.04. The van der Waals surface area contributed by atoms with E-state index in [1.807, 2.05) is 6.92 Å². The summed E-state index contributed by atoms with van der Waals surface area (Å²) in [5, 5.41) is 2.59. The Balaban J connectivity index is 2.85. The normalized spacial score (nSPS) is 35.1. The number of likely N-dealkylation sites (tertiary alicyclic amines) is 1. The van der Waals surface area contributed by atoms with Gasteiger partial charge in [0.1, 0.15) is 5.54 Å². The number of likely N-dealkylation sites (N-methyl/N-ethyl adjacent to an activating group) is 2. The standard InChI is InChI=1S/C9H17F3N2/c1-4-13-8(9(10,11)12)5-7(2)14(3)6-8/h7,13H,4-6H2,1-3H3. The molecule has 1 aliphatic heterocycles. The maximum atomic E-state index is 12.9. The molecule has 0 amide bonds. The molecule has 1 rings (SSSR count). The molecule has 0 spiro atoms. The van der Waals surface area contributed by atoms with Gasteiger partial charge in [-0.25, -0.2) is 0 Å². The number of nitrogens with zero attached hydrogens (tertiary/aromatic N) is 1. The minimum Gasteiger partial charge on any atom is -0.303 e. The van der Waals surface area contributed by atoms with E-state index in [-0.39, 0.29) is 19.0 Å². The van der Waals surface area contributed by atoms with Crippen LogP contribution in [0.2, 0.25) is 0 Å². The summed E-state index contributed by atoms with van der Waals surface area (Å²) >= 11 is 0. The monoisotopic (exact) mass is 210 g/mol. The van der Waals surface area contributed by atoms with Crippen molar-refractivity contribution in [1.82, 2.24) is 10.2 Å². The molecule has 1 fully saturated rings. The Morgan fingerprint density at radius 3 is 2.36 bits per heavy atom. The van der Waals surface area contributed by atoms with Crippen LogP contribution in [0, 0.1) is 0 Å². The van der Waals surface area contributed by atoms with Gasteiger partial charge in [-0.2, -0.15) is 13.2 Å². The maximum absolute atomic E-state index is 12.9. The van der Waals surface area contributed by atoms with Crippen LogP contribution in [0.15, 0.2) is 0 Å². The van der Waals surface area contributed by atoms with Gasteiger partial charge in [0.2, 0.25) is 0 Å². The molecule has 1 heterocycles. The Labute approximate surface area is 82.5 Å². The van der Waals surface area contributed by atoms with E-state index >= 15 is 0 Å². The fourth-order valence-corrected chi connectivity index (χ4v) is 2.08. The molecule has 1 aliphatic rings. The van der Waals surface area contributed by atoms with Crippen LogP contribution in [0.3, 0.4) is 0 Å². The van der Waals surface area contributed by atoms with Gasteiger partial charge in [-0.3, -0.25) is 0 Å². The van der Waals surface area contributed by atoms with Crippen molar-refractivity contribution < 1.29 is 13.2 Å². The van der Waals surface area contributed by atoms with E-state index in [0.29, 0.717) is 6.54 Å². The fourth-order valence-electron chi connectivity index (χ4n) is 2.08. The summed E-state index contributed by atoms with van der Waals surface area (Å²) in [5.41, 5.74) is -1.70. The second-order valence-corrected chi connectivity index (χ2v) is 4.08. The highest BCUT2D eigenvalue weighted by Crippen LogP contribution is 2.39. The maximum Gasteiger partial charge on any atom is 0.407 e. The summed E-state index contributed by atoms with van der Waals surface area (Å²) < 4.78 is 38.6. The van der Waals surface area contributed by atoms with E-state index < -0.39 is 11.7 Å². The first-order valence-corrected chi connectivity index (χ1v) is 4.84. The van der Waals surface area contributed by atoms with E-state index in [1.54, 1.807) is 18.9 Å². The number of halogens is 3. The van der Waals surface area contributed by atoms with Crippen molar-refractivity contribution in [2.75, 3.05) is 20.1 Å². The lowest BCUT2D eigenvalue weighted by molar-refractivity contribution is -0.192. The molecule has 5 heteroatoms. The average molecular weight is 210 g/mol. The number of hydrogen-bond donors (Lipinski definition) is 1. The molecule has 2 nitrogen and oxygen atoms in total. The van der Waals surface area contributed by atoms with E-state index in [1.165, 1.54) is 0 Å². The molecule has 1 saturated heterocycles. The van der Waals surface area contributed by atoms with Crippen molar-refractivity contribution in [3.05, 3.63) is 0 Å². The van der Waals surface area contributed by atoms with E-state index in [2.05, 4.69) is 5.32 Å². The lowest BCUT2D eigenvalue weighted by Gasteiger charge is -2.32. The first kappa shape index (κ1) is 11.8. The van der Waals surface area contributed by atoms with Crippen LogP contribution in [-0.4, -0.2) is 42.8 Å². The van der Waals surface area contributed by atoms with Crippen LogP contribution in [0.4, 0.5) is 13.2 Å². The zero-order valence-corrected chi connectivity index (χ0v) is 8.78. The Kier molecular flexibility index (Phi) is 3.11. The Morgan fingerprint density at radius 1 is 1.50 bits per heavy atom. The van der Waals surface area contributed by atoms with Crippen molar-refractivity contribution in [2.45, 2.75) is 38.0 Å². The predicted octanol–water partition coefficient (Wildman–Crippen LogP) is 1.62. The molecular formula is C9H17F3N2. The van der Waals surface area contributed by atoms with Gasteiger partial charge in [0, 0.05) is 12.6 Å². The van der Waals surface area contributed by atoms with Crippen molar-refractivity contribution >= 4 is 0 Å². The molecule has 0 aromatic carbocycles. The van der Waals surface area contributed by atoms with E-state index in [0.717, 1.165) is 0 Å². The van der Waals surface area contributed by atoms with Crippen molar-refractivity contribution in [1.29, 1.82) is 0 Å². The van der Waals surface area contributed by atoms with Gasteiger partial charge in [-0.15, -0.1) is 0 Å². The smallest absolute Gasteiger partial charge is 0.303 e. The first-order valence-electron chi connectivity index (χ1n) is 4.84. The molecule has 14 heavy (non-hydrogen) atoms. The van der Waals surface area contributed by atoms with Gasteiger partial charge < -0.3 is 10.2 Å². The van der Waals surface area contributed by atoms with Crippen molar-refractivity contribution in [3.8, 4) is 0 Å². The number of alkyl halides is 3. The fraction of sp³-hybridized carbons (Fsp3) is 1.00. The summed E-state index contributed by atoms with van der Waals surface area (Å²) in [7, 11) is 1.73. The predicted molar refractivity (Wildman–Crippen MR) is 49.2 cm³/mol. The number of rotatable bonds is 2. The molecule has 0 aromatic heterocycles. The van der Waals surface area contributed by atoms with Gasteiger partial charge in [0.25, 0.3) is 0 Å². The largest absolute Gasteiger partial charge is 0.407 e. The van der Waals surface area contributed by atoms with Crippen molar-refractivity contribution in [2.24, 2.45) is 0 Å². The molecule has 84 valence electrons. The second kappa shape index (κ2) is 3.70. The third kappa shape index (κ3) is 1.88. The number of hydrogen-bond acceptors (Lipinski definition) is 2. The summed E-state index contributed by atoms with van der Waals surface area (Å²) in [6, 6.07) is -0.0179. The van der Waals surface area contributed by atoms with Crippen LogP contribution < -0.4 is 5.32 Å². The molecule has 0 saturated carbocycles. The molecule has 0 aliphatic carbocycles. The SMILES string of the molecule is CCNC1(C(F)(F)F)CC(C)N(C)C1. The highest BCUT2D eigenvalue weighted by atomic mass is 19.4. The van der Waals surface area contributed by atoms with Crippen LogP contribution in [-0.2, 0) is 0 Å². The minimum atomic E-state index is -4.16. The van der Waals surface area contributed by atoms with Crippen LogP contribution >= 0.6 is 0 Å². The summed E-state index contributed by atoms with van der Waals surface area (Å²) in [5.74, 6) is 0. The van der Waals surface area contributed by atoms with Gasteiger partial charge in [-0.1, -0.05) is 6.92 Å². The zero-order chi connectivity index (χ0) is 11.0.